The van der Waals surface area contributed by atoms with Crippen LogP contribution < -0.4 is 5.32 Å². The summed E-state index contributed by atoms with van der Waals surface area (Å²) in [7, 11) is 2.31. The molecule has 0 amide bonds. The molecule has 0 heterocycles. The monoisotopic (exact) mass is 266 g/mol. The van der Waals surface area contributed by atoms with Crippen LogP contribution in [0.5, 0.6) is 0 Å². The van der Waals surface area contributed by atoms with E-state index in [9.17, 15) is 0 Å². The molecule has 2 aliphatic rings. The summed E-state index contributed by atoms with van der Waals surface area (Å²) in [6.07, 6.45) is 15.9. The van der Waals surface area contributed by atoms with Gasteiger partial charge in [0.25, 0.3) is 0 Å². The maximum Gasteiger partial charge on any atom is 0.00670 e. The minimum absolute atomic E-state index is 0.831. The summed E-state index contributed by atoms with van der Waals surface area (Å²) in [5.74, 6) is 0.991. The van der Waals surface area contributed by atoms with Crippen LogP contribution in [-0.2, 0) is 0 Å². The summed E-state index contributed by atoms with van der Waals surface area (Å²) < 4.78 is 0. The van der Waals surface area contributed by atoms with E-state index in [0.717, 1.165) is 12.0 Å². The lowest BCUT2D eigenvalue weighted by Crippen LogP contribution is -2.34. The van der Waals surface area contributed by atoms with Crippen molar-refractivity contribution in [3.63, 3.8) is 0 Å². The number of nitrogens with one attached hydrogen (secondary N) is 1. The summed E-state index contributed by atoms with van der Waals surface area (Å²) >= 11 is 0. The van der Waals surface area contributed by atoms with Gasteiger partial charge >= 0.3 is 0 Å². The van der Waals surface area contributed by atoms with Gasteiger partial charge in [0.1, 0.15) is 0 Å². The van der Waals surface area contributed by atoms with Gasteiger partial charge in [0.2, 0.25) is 0 Å². The summed E-state index contributed by atoms with van der Waals surface area (Å²) in [4.78, 5) is 2.57. The van der Waals surface area contributed by atoms with Gasteiger partial charge in [0, 0.05) is 12.6 Å². The molecule has 2 fully saturated rings. The topological polar surface area (TPSA) is 15.3 Å². The number of nitrogens with zero attached hydrogens (tertiary/aromatic N) is 1. The summed E-state index contributed by atoms with van der Waals surface area (Å²) in [6.45, 7) is 3.83. The van der Waals surface area contributed by atoms with E-state index in [1.165, 1.54) is 90.3 Å². The number of rotatable bonds is 7. The van der Waals surface area contributed by atoms with Gasteiger partial charge < -0.3 is 10.2 Å². The van der Waals surface area contributed by atoms with Crippen LogP contribution in [0.15, 0.2) is 0 Å². The molecule has 2 heteroatoms. The smallest absolute Gasteiger partial charge is 0.00670 e. The molecule has 2 nitrogen and oxygen atoms in total. The van der Waals surface area contributed by atoms with Gasteiger partial charge in [-0.25, -0.2) is 0 Å². The van der Waals surface area contributed by atoms with Crippen LogP contribution in [0.4, 0.5) is 0 Å². The molecule has 0 saturated heterocycles. The molecule has 0 radical (unpaired) electrons. The first kappa shape index (κ1) is 15.3. The Hall–Kier alpha value is -0.0800. The van der Waals surface area contributed by atoms with Crippen molar-refractivity contribution < 1.29 is 0 Å². The highest BCUT2D eigenvalue weighted by Crippen LogP contribution is 2.24. The highest BCUT2D eigenvalue weighted by molar-refractivity contribution is 4.72. The van der Waals surface area contributed by atoms with E-state index in [-0.39, 0.29) is 0 Å². The molecule has 0 spiro atoms. The van der Waals surface area contributed by atoms with Crippen molar-refractivity contribution >= 4 is 0 Å². The third-order valence-electron chi connectivity index (χ3n) is 5.05. The molecule has 0 atom stereocenters. The fourth-order valence-corrected chi connectivity index (χ4v) is 3.86. The lowest BCUT2D eigenvalue weighted by Gasteiger charge is -2.27. The minimum atomic E-state index is 0.831. The van der Waals surface area contributed by atoms with Crippen LogP contribution in [0.25, 0.3) is 0 Å². The van der Waals surface area contributed by atoms with Crippen molar-refractivity contribution in [2.45, 2.75) is 76.7 Å². The average Bonchev–Trinajstić information content (AvgIpc) is 2.46. The number of hydrogen-bond acceptors (Lipinski definition) is 2. The molecule has 0 bridgehead atoms. The van der Waals surface area contributed by atoms with Crippen molar-refractivity contribution in [3.05, 3.63) is 0 Å². The maximum absolute atomic E-state index is 3.75. The van der Waals surface area contributed by atoms with Gasteiger partial charge in [-0.2, -0.15) is 0 Å². The molecule has 0 aliphatic heterocycles. The zero-order chi connectivity index (χ0) is 13.3. The zero-order valence-corrected chi connectivity index (χ0v) is 13.0. The molecular formula is C17H34N2. The van der Waals surface area contributed by atoms with E-state index >= 15 is 0 Å². The van der Waals surface area contributed by atoms with Crippen molar-refractivity contribution in [1.29, 1.82) is 0 Å². The molecule has 0 aromatic heterocycles. The molecule has 19 heavy (non-hydrogen) atoms. The lowest BCUT2D eigenvalue weighted by atomic mass is 9.89. The van der Waals surface area contributed by atoms with E-state index in [1.807, 2.05) is 0 Å². The number of hydrogen-bond donors (Lipinski definition) is 1. The maximum atomic E-state index is 3.75. The Morgan fingerprint density at radius 1 is 0.895 bits per heavy atom. The van der Waals surface area contributed by atoms with Crippen LogP contribution in [-0.4, -0.2) is 37.6 Å². The Labute approximate surface area is 120 Å². The van der Waals surface area contributed by atoms with Gasteiger partial charge in [0.15, 0.2) is 0 Å². The first-order valence-electron chi connectivity index (χ1n) is 8.76. The molecule has 1 N–H and O–H groups in total. The zero-order valence-electron chi connectivity index (χ0n) is 13.0. The molecule has 2 rings (SSSR count). The van der Waals surface area contributed by atoms with Crippen molar-refractivity contribution in [2.24, 2.45) is 5.92 Å². The fraction of sp³-hybridized carbons (Fsp3) is 1.00. The van der Waals surface area contributed by atoms with Gasteiger partial charge in [-0.3, -0.25) is 0 Å². The second-order valence-corrected chi connectivity index (χ2v) is 6.91. The first-order chi connectivity index (χ1) is 9.34. The summed E-state index contributed by atoms with van der Waals surface area (Å²) in [5, 5.41) is 3.75. The SMILES string of the molecule is CN(CCCNC1CCCCC1)CC1CCCCC1. The Kier molecular flexibility index (Phi) is 7.23. The van der Waals surface area contributed by atoms with E-state index < -0.39 is 0 Å². The minimum Gasteiger partial charge on any atom is -0.314 e. The van der Waals surface area contributed by atoms with Crippen LogP contribution in [0.2, 0.25) is 0 Å². The first-order valence-corrected chi connectivity index (χ1v) is 8.76. The van der Waals surface area contributed by atoms with E-state index in [1.54, 1.807) is 0 Å². The molecule has 0 aromatic carbocycles. The van der Waals surface area contributed by atoms with Gasteiger partial charge in [0.05, 0.1) is 0 Å². The van der Waals surface area contributed by atoms with Crippen molar-refractivity contribution in [1.82, 2.24) is 10.2 Å². The van der Waals surface area contributed by atoms with E-state index in [4.69, 9.17) is 0 Å². The molecule has 0 unspecified atom stereocenters. The fourth-order valence-electron chi connectivity index (χ4n) is 3.86. The highest BCUT2D eigenvalue weighted by Gasteiger charge is 2.15. The second kappa shape index (κ2) is 8.97. The largest absolute Gasteiger partial charge is 0.314 e. The van der Waals surface area contributed by atoms with Crippen LogP contribution in [0.1, 0.15) is 70.6 Å². The third kappa shape index (κ3) is 6.27. The van der Waals surface area contributed by atoms with Gasteiger partial charge in [-0.15, -0.1) is 0 Å². The predicted molar refractivity (Wildman–Crippen MR) is 83.6 cm³/mol. The lowest BCUT2D eigenvalue weighted by molar-refractivity contribution is 0.229. The Bertz CT molecular complexity index is 217. The van der Waals surface area contributed by atoms with Crippen LogP contribution in [0, 0.1) is 5.92 Å². The predicted octanol–water partition coefficient (Wildman–Crippen LogP) is 3.81. The Morgan fingerprint density at radius 3 is 2.21 bits per heavy atom. The molecule has 0 aromatic rings. The standard InChI is InChI=1S/C17H34N2/c1-19(15-16-9-4-2-5-10-16)14-8-13-18-17-11-6-3-7-12-17/h16-18H,2-15H2,1H3. The highest BCUT2D eigenvalue weighted by atomic mass is 15.1. The van der Waals surface area contributed by atoms with Gasteiger partial charge in [-0.05, 0) is 58.2 Å². The van der Waals surface area contributed by atoms with Gasteiger partial charge in [-0.1, -0.05) is 38.5 Å². The Balaban J connectivity index is 1.47. The molecule has 2 aliphatic carbocycles. The van der Waals surface area contributed by atoms with E-state index in [0.29, 0.717) is 0 Å². The average molecular weight is 266 g/mol. The van der Waals surface area contributed by atoms with E-state index in [2.05, 4.69) is 17.3 Å². The van der Waals surface area contributed by atoms with Crippen LogP contribution in [0.3, 0.4) is 0 Å². The molecule has 2 saturated carbocycles. The quantitative estimate of drug-likeness (QED) is 0.705. The molecular weight excluding hydrogens is 232 g/mol. The Morgan fingerprint density at radius 2 is 1.53 bits per heavy atom. The normalized spacial score (nSPS) is 23.1. The van der Waals surface area contributed by atoms with Crippen LogP contribution >= 0.6 is 0 Å². The summed E-state index contributed by atoms with van der Waals surface area (Å²) in [6, 6.07) is 0.831. The second-order valence-electron chi connectivity index (χ2n) is 6.91. The van der Waals surface area contributed by atoms with Crippen molar-refractivity contribution in [2.75, 3.05) is 26.7 Å². The summed E-state index contributed by atoms with van der Waals surface area (Å²) in [5.41, 5.74) is 0. The third-order valence-corrected chi connectivity index (χ3v) is 5.05. The molecule has 112 valence electrons. The van der Waals surface area contributed by atoms with Crippen molar-refractivity contribution in [3.8, 4) is 0 Å².